The zero-order valence-electron chi connectivity index (χ0n) is 12.5. The molecule has 5 nitrogen and oxygen atoms in total. The Balaban J connectivity index is 2.32. The fourth-order valence-electron chi connectivity index (χ4n) is 2.61. The number of hydrogen-bond donors (Lipinski definition) is 1. The summed E-state index contributed by atoms with van der Waals surface area (Å²) >= 11 is 0. The molecule has 0 amide bonds. The highest BCUT2D eigenvalue weighted by molar-refractivity contribution is 7.90. The van der Waals surface area contributed by atoms with Crippen molar-refractivity contribution in [2.45, 2.75) is 36.0 Å². The minimum atomic E-state index is -4.78. The smallest absolute Gasteiger partial charge is 0.393 e. The summed E-state index contributed by atoms with van der Waals surface area (Å²) in [5.74, 6) is -1.13. The molecular weight excluding hydrogens is 346 g/mol. The van der Waals surface area contributed by atoms with Crippen molar-refractivity contribution in [1.82, 2.24) is 4.31 Å². The third-order valence-electron chi connectivity index (χ3n) is 3.98. The van der Waals surface area contributed by atoms with Crippen LogP contribution in [0.3, 0.4) is 0 Å². The Kier molecular flexibility index (Phi) is 4.90. The van der Waals surface area contributed by atoms with Crippen molar-refractivity contribution in [2.24, 2.45) is 0 Å². The normalized spacial score (nSPS) is 29.4. The quantitative estimate of drug-likeness (QED) is 0.779. The highest BCUT2D eigenvalue weighted by atomic mass is 32.2. The van der Waals surface area contributed by atoms with Crippen molar-refractivity contribution < 1.29 is 31.5 Å². The second-order valence-electron chi connectivity index (χ2n) is 5.68. The number of halogens is 3. The lowest BCUT2D eigenvalue weighted by Gasteiger charge is -2.28. The first-order valence-corrected chi connectivity index (χ1v) is 8.65. The second kappa shape index (κ2) is 6.31. The van der Waals surface area contributed by atoms with Crippen molar-refractivity contribution in [3.63, 3.8) is 0 Å². The fourth-order valence-corrected chi connectivity index (χ4v) is 4.56. The van der Waals surface area contributed by atoms with Gasteiger partial charge in [0.1, 0.15) is 0 Å². The molecular formula is C14H15BF3NO4S. The van der Waals surface area contributed by atoms with Crippen LogP contribution in [0.1, 0.15) is 19.3 Å². The molecule has 0 bridgehead atoms. The second-order valence-corrected chi connectivity index (χ2v) is 7.82. The summed E-state index contributed by atoms with van der Waals surface area (Å²) < 4.78 is 65.3. The summed E-state index contributed by atoms with van der Waals surface area (Å²) in [6, 6.07) is 0. The molecule has 1 N–H and O–H groups in total. The predicted octanol–water partition coefficient (Wildman–Crippen LogP) is 2.15. The molecule has 0 spiro atoms. The summed E-state index contributed by atoms with van der Waals surface area (Å²) in [6.07, 6.45) is 0.0197. The molecule has 1 aliphatic heterocycles. The van der Waals surface area contributed by atoms with Gasteiger partial charge in [0, 0.05) is 18.7 Å². The van der Waals surface area contributed by atoms with Crippen LogP contribution < -0.4 is 0 Å². The molecule has 2 rings (SSSR count). The lowest BCUT2D eigenvalue weighted by Crippen LogP contribution is -2.32. The van der Waals surface area contributed by atoms with E-state index in [2.05, 4.69) is 0 Å². The summed E-state index contributed by atoms with van der Waals surface area (Å²) in [4.78, 5) is 10.6. The van der Waals surface area contributed by atoms with Gasteiger partial charge in [0.25, 0.3) is 0 Å². The van der Waals surface area contributed by atoms with E-state index in [9.17, 15) is 26.4 Å². The number of aliphatic carboxylic acids is 1. The highest BCUT2D eigenvalue weighted by Gasteiger charge is 2.48. The number of hydrogen-bond acceptors (Lipinski definition) is 3. The van der Waals surface area contributed by atoms with Gasteiger partial charge in [-0.2, -0.15) is 13.2 Å². The van der Waals surface area contributed by atoms with E-state index in [4.69, 9.17) is 13.0 Å². The summed E-state index contributed by atoms with van der Waals surface area (Å²) in [6.45, 7) is -0.0171. The lowest BCUT2D eigenvalue weighted by molar-refractivity contribution is -0.142. The third-order valence-corrected chi connectivity index (χ3v) is 6.30. The van der Waals surface area contributed by atoms with Gasteiger partial charge in [-0.05, 0) is 18.9 Å². The minimum absolute atomic E-state index is 0.0171. The number of carboxylic acids is 1. The van der Waals surface area contributed by atoms with Gasteiger partial charge in [-0.25, -0.2) is 8.42 Å². The maximum atomic E-state index is 13.2. The first-order valence-electron chi connectivity index (χ1n) is 7.15. The van der Waals surface area contributed by atoms with E-state index in [0.29, 0.717) is 6.08 Å². The summed E-state index contributed by atoms with van der Waals surface area (Å²) in [7, 11) is 1.45. The predicted molar refractivity (Wildman–Crippen MR) is 81.8 cm³/mol. The molecule has 0 aromatic rings. The molecule has 2 atom stereocenters. The van der Waals surface area contributed by atoms with Crippen LogP contribution in [0.4, 0.5) is 13.2 Å². The topological polar surface area (TPSA) is 74.7 Å². The summed E-state index contributed by atoms with van der Waals surface area (Å²) in [5, 5.41) is 4.96. The number of alkyl halides is 3. The van der Waals surface area contributed by atoms with E-state index in [1.165, 1.54) is 12.2 Å². The molecule has 0 aromatic carbocycles. The van der Waals surface area contributed by atoms with Crippen LogP contribution >= 0.6 is 0 Å². The van der Waals surface area contributed by atoms with Crippen LogP contribution in [0.15, 0.2) is 36.1 Å². The first-order chi connectivity index (χ1) is 11.0. The molecule has 10 heteroatoms. The number of carbonyl (C=O) groups is 1. The van der Waals surface area contributed by atoms with Crippen molar-refractivity contribution in [3.8, 4) is 0 Å². The highest BCUT2D eigenvalue weighted by Crippen LogP contribution is 2.47. The number of carboxylic acid groups (broad SMARTS) is 1. The Morgan fingerprint density at radius 1 is 1.42 bits per heavy atom. The van der Waals surface area contributed by atoms with E-state index < -0.39 is 32.7 Å². The minimum Gasteiger partial charge on any atom is -0.481 e. The SMILES string of the molecule is [B]C1(C(F)(F)F)C=CC=CC(N2CCC(CCC(=O)O)S2(=O)=O)=C1. The monoisotopic (exact) mass is 361 g/mol. The Hall–Kier alpha value is -1.71. The molecule has 0 saturated carbocycles. The number of nitrogens with zero attached hydrogens (tertiary/aromatic N) is 1. The van der Waals surface area contributed by atoms with Gasteiger partial charge < -0.3 is 5.11 Å². The van der Waals surface area contributed by atoms with Crippen LogP contribution in [0.2, 0.25) is 5.31 Å². The van der Waals surface area contributed by atoms with Crippen LogP contribution in [-0.4, -0.2) is 49.6 Å². The van der Waals surface area contributed by atoms with Crippen LogP contribution in [-0.2, 0) is 14.8 Å². The van der Waals surface area contributed by atoms with Gasteiger partial charge in [0.2, 0.25) is 10.0 Å². The largest absolute Gasteiger partial charge is 0.481 e. The van der Waals surface area contributed by atoms with Gasteiger partial charge in [-0.1, -0.05) is 24.3 Å². The van der Waals surface area contributed by atoms with Gasteiger partial charge in [-0.3, -0.25) is 9.10 Å². The number of sulfonamides is 1. The van der Waals surface area contributed by atoms with Gasteiger partial charge in [-0.15, -0.1) is 0 Å². The van der Waals surface area contributed by atoms with E-state index in [0.717, 1.165) is 16.5 Å². The van der Waals surface area contributed by atoms with Crippen molar-refractivity contribution in [1.29, 1.82) is 0 Å². The van der Waals surface area contributed by atoms with Crippen molar-refractivity contribution in [2.75, 3.05) is 6.54 Å². The molecule has 1 aliphatic carbocycles. The van der Waals surface area contributed by atoms with E-state index in [1.807, 2.05) is 0 Å². The number of rotatable bonds is 4. The molecule has 24 heavy (non-hydrogen) atoms. The molecule has 2 unspecified atom stereocenters. The van der Waals surface area contributed by atoms with Crippen LogP contribution in [0, 0.1) is 0 Å². The van der Waals surface area contributed by atoms with Crippen molar-refractivity contribution >= 4 is 23.8 Å². The standard InChI is InChI=1S/C14H15BF3NO4S/c15-13(14(16,17)18)7-2-1-3-10(9-13)19-8-6-11(24(19,22)23)4-5-12(20)21/h1-3,7,9,11H,4-6,8H2,(H,20,21). The van der Waals surface area contributed by atoms with E-state index in [-0.39, 0.29) is 31.5 Å². The zero-order chi connectivity index (χ0) is 18.2. The Morgan fingerprint density at radius 3 is 2.67 bits per heavy atom. The molecule has 1 heterocycles. The first kappa shape index (κ1) is 18.6. The van der Waals surface area contributed by atoms with Gasteiger partial charge >= 0.3 is 12.1 Å². The molecule has 2 aliphatic rings. The Bertz CT molecular complexity index is 714. The van der Waals surface area contributed by atoms with Crippen LogP contribution in [0.25, 0.3) is 0 Å². The van der Waals surface area contributed by atoms with Gasteiger partial charge in [0.15, 0.2) is 0 Å². The molecule has 1 saturated heterocycles. The fraction of sp³-hybridized carbons (Fsp3) is 0.500. The molecule has 2 radical (unpaired) electrons. The Labute approximate surface area is 139 Å². The average Bonchev–Trinajstić information content (AvgIpc) is 2.60. The van der Waals surface area contributed by atoms with Crippen LogP contribution in [0.5, 0.6) is 0 Å². The summed E-state index contributed by atoms with van der Waals surface area (Å²) in [5.41, 5.74) is -0.169. The van der Waals surface area contributed by atoms with Gasteiger partial charge in [0.05, 0.1) is 18.4 Å². The third kappa shape index (κ3) is 3.53. The maximum absolute atomic E-state index is 13.2. The molecule has 1 fully saturated rings. The molecule has 130 valence electrons. The number of allylic oxidation sites excluding steroid dienone is 5. The average molecular weight is 361 g/mol. The molecule has 0 aromatic heterocycles. The Morgan fingerprint density at radius 2 is 2.08 bits per heavy atom. The maximum Gasteiger partial charge on any atom is 0.393 e. The van der Waals surface area contributed by atoms with E-state index in [1.54, 1.807) is 0 Å². The van der Waals surface area contributed by atoms with Crippen molar-refractivity contribution in [3.05, 3.63) is 36.1 Å². The van der Waals surface area contributed by atoms with E-state index >= 15 is 0 Å². The zero-order valence-corrected chi connectivity index (χ0v) is 13.3. The lowest BCUT2D eigenvalue weighted by atomic mass is 9.67.